The first kappa shape index (κ1) is 16.3. The van der Waals surface area contributed by atoms with Crippen molar-refractivity contribution in [2.75, 3.05) is 25.0 Å². The zero-order chi connectivity index (χ0) is 16.8. The third kappa shape index (κ3) is 3.85. The highest BCUT2D eigenvalue weighted by Gasteiger charge is 2.22. The number of nitrogens with zero attached hydrogens (tertiary/aromatic N) is 3. The van der Waals surface area contributed by atoms with Crippen molar-refractivity contribution in [3.8, 4) is 0 Å². The van der Waals surface area contributed by atoms with Gasteiger partial charge >= 0.3 is 0 Å². The fraction of sp³-hybridized carbons (Fsp3) is 0.368. The zero-order valence-electron chi connectivity index (χ0n) is 14.4. The van der Waals surface area contributed by atoms with E-state index in [1.54, 1.807) is 13.2 Å². The summed E-state index contributed by atoms with van der Waals surface area (Å²) in [6.45, 7) is 4.85. The molecule has 2 aromatic rings. The standard InChI is InChI=1S/C19H25N5/c1-15(24-12-10-16-7-3-4-9-18(16)24)13-22-19(20-2)23-14-17-8-5-6-11-21-17/h3-9,11,15H,10,12-14H2,1-2H3,(H2,20,22,23). The topological polar surface area (TPSA) is 52.6 Å². The largest absolute Gasteiger partial charge is 0.366 e. The normalized spacial score (nSPS) is 15.1. The van der Waals surface area contributed by atoms with Crippen molar-refractivity contribution in [1.29, 1.82) is 0 Å². The van der Waals surface area contributed by atoms with Crippen LogP contribution in [0.3, 0.4) is 0 Å². The highest BCUT2D eigenvalue weighted by molar-refractivity contribution is 5.79. The van der Waals surface area contributed by atoms with Gasteiger partial charge in [-0.05, 0) is 37.1 Å². The summed E-state index contributed by atoms with van der Waals surface area (Å²) in [6.07, 6.45) is 2.94. The number of hydrogen-bond acceptors (Lipinski definition) is 3. The van der Waals surface area contributed by atoms with Crippen LogP contribution in [0, 0.1) is 0 Å². The second-order valence-electron chi connectivity index (χ2n) is 6.05. The highest BCUT2D eigenvalue weighted by Crippen LogP contribution is 2.28. The van der Waals surface area contributed by atoms with E-state index in [9.17, 15) is 0 Å². The van der Waals surface area contributed by atoms with E-state index in [4.69, 9.17) is 0 Å². The van der Waals surface area contributed by atoms with E-state index >= 15 is 0 Å². The first-order chi connectivity index (χ1) is 11.8. The van der Waals surface area contributed by atoms with Gasteiger partial charge in [-0.2, -0.15) is 0 Å². The minimum absolute atomic E-state index is 0.405. The van der Waals surface area contributed by atoms with Gasteiger partial charge in [-0.3, -0.25) is 9.98 Å². The van der Waals surface area contributed by atoms with Crippen LogP contribution in [-0.4, -0.2) is 37.1 Å². The summed E-state index contributed by atoms with van der Waals surface area (Å²) in [4.78, 5) is 11.1. The summed E-state index contributed by atoms with van der Waals surface area (Å²) in [5, 5.41) is 6.73. The molecule has 1 aromatic carbocycles. The lowest BCUT2D eigenvalue weighted by molar-refractivity contribution is 0.625. The van der Waals surface area contributed by atoms with Gasteiger partial charge < -0.3 is 15.5 Å². The summed E-state index contributed by atoms with van der Waals surface area (Å²) >= 11 is 0. The summed E-state index contributed by atoms with van der Waals surface area (Å²) < 4.78 is 0. The average Bonchev–Trinajstić information content (AvgIpc) is 3.07. The second kappa shape index (κ2) is 7.81. The minimum atomic E-state index is 0.405. The molecule has 1 aromatic heterocycles. The zero-order valence-corrected chi connectivity index (χ0v) is 14.4. The van der Waals surface area contributed by atoms with Crippen molar-refractivity contribution in [3.63, 3.8) is 0 Å². The summed E-state index contributed by atoms with van der Waals surface area (Å²) in [5.41, 5.74) is 3.81. The number of nitrogens with one attached hydrogen (secondary N) is 2. The third-order valence-electron chi connectivity index (χ3n) is 4.41. The van der Waals surface area contributed by atoms with Crippen LogP contribution in [0.5, 0.6) is 0 Å². The van der Waals surface area contributed by atoms with Gasteiger partial charge in [-0.15, -0.1) is 0 Å². The number of guanidine groups is 1. The molecule has 0 spiro atoms. The van der Waals surface area contributed by atoms with Crippen molar-refractivity contribution < 1.29 is 0 Å². The van der Waals surface area contributed by atoms with Crippen molar-refractivity contribution in [2.24, 2.45) is 4.99 Å². The number of fused-ring (bicyclic) bond motifs is 1. The van der Waals surface area contributed by atoms with Crippen molar-refractivity contribution in [1.82, 2.24) is 15.6 Å². The number of aliphatic imine (C=N–C) groups is 1. The average molecular weight is 323 g/mol. The Morgan fingerprint density at radius 3 is 2.83 bits per heavy atom. The lowest BCUT2D eigenvalue weighted by Crippen LogP contribution is -2.45. The van der Waals surface area contributed by atoms with Crippen LogP contribution in [0.25, 0.3) is 0 Å². The van der Waals surface area contributed by atoms with E-state index in [1.165, 1.54) is 11.3 Å². The molecule has 5 nitrogen and oxygen atoms in total. The number of pyridine rings is 1. The lowest BCUT2D eigenvalue weighted by atomic mass is 10.2. The van der Waals surface area contributed by atoms with Crippen LogP contribution in [-0.2, 0) is 13.0 Å². The van der Waals surface area contributed by atoms with Gasteiger partial charge in [0, 0.05) is 38.1 Å². The number of aromatic nitrogens is 1. The molecule has 1 atom stereocenters. The Morgan fingerprint density at radius 1 is 1.21 bits per heavy atom. The van der Waals surface area contributed by atoms with Gasteiger partial charge in [0.15, 0.2) is 5.96 Å². The van der Waals surface area contributed by atoms with Gasteiger partial charge in [0.25, 0.3) is 0 Å². The predicted octanol–water partition coefficient (Wildman–Crippen LogP) is 2.20. The molecular formula is C19H25N5. The van der Waals surface area contributed by atoms with Crippen molar-refractivity contribution >= 4 is 11.6 Å². The molecule has 2 heterocycles. The molecule has 0 aliphatic carbocycles. The van der Waals surface area contributed by atoms with E-state index in [2.05, 4.69) is 56.7 Å². The predicted molar refractivity (Wildman–Crippen MR) is 99.4 cm³/mol. The first-order valence-corrected chi connectivity index (χ1v) is 8.47. The smallest absolute Gasteiger partial charge is 0.191 e. The van der Waals surface area contributed by atoms with Crippen LogP contribution in [0.2, 0.25) is 0 Å². The third-order valence-corrected chi connectivity index (χ3v) is 4.41. The number of anilines is 1. The molecule has 0 radical (unpaired) electrons. The molecule has 126 valence electrons. The molecule has 0 saturated carbocycles. The van der Waals surface area contributed by atoms with Crippen molar-refractivity contribution in [2.45, 2.75) is 25.9 Å². The molecule has 1 aliphatic rings. The van der Waals surface area contributed by atoms with Gasteiger partial charge in [0.1, 0.15) is 0 Å². The molecular weight excluding hydrogens is 298 g/mol. The Morgan fingerprint density at radius 2 is 2.04 bits per heavy atom. The second-order valence-corrected chi connectivity index (χ2v) is 6.05. The fourth-order valence-electron chi connectivity index (χ4n) is 3.07. The van der Waals surface area contributed by atoms with E-state index in [0.29, 0.717) is 12.6 Å². The number of rotatable bonds is 5. The molecule has 3 rings (SSSR count). The maximum absolute atomic E-state index is 4.31. The maximum atomic E-state index is 4.31. The van der Waals surface area contributed by atoms with E-state index in [1.807, 2.05) is 18.2 Å². The molecule has 24 heavy (non-hydrogen) atoms. The summed E-state index contributed by atoms with van der Waals surface area (Å²) in [7, 11) is 1.80. The lowest BCUT2D eigenvalue weighted by Gasteiger charge is -2.28. The Bertz CT molecular complexity index is 683. The Kier molecular flexibility index (Phi) is 5.31. The van der Waals surface area contributed by atoms with Gasteiger partial charge in [0.05, 0.1) is 12.2 Å². The van der Waals surface area contributed by atoms with E-state index in [-0.39, 0.29) is 0 Å². The Balaban J connectivity index is 1.51. The minimum Gasteiger partial charge on any atom is -0.366 e. The Hall–Kier alpha value is -2.56. The molecule has 1 aliphatic heterocycles. The molecule has 5 heteroatoms. The fourth-order valence-corrected chi connectivity index (χ4v) is 3.07. The summed E-state index contributed by atoms with van der Waals surface area (Å²) in [6, 6.07) is 15.0. The SMILES string of the molecule is CN=C(NCc1ccccn1)NCC(C)N1CCc2ccccc21. The van der Waals surface area contributed by atoms with Crippen LogP contribution in [0.1, 0.15) is 18.2 Å². The van der Waals surface area contributed by atoms with Crippen LogP contribution in [0.15, 0.2) is 53.7 Å². The molecule has 2 N–H and O–H groups in total. The van der Waals surface area contributed by atoms with Gasteiger partial charge in [0.2, 0.25) is 0 Å². The van der Waals surface area contributed by atoms with Crippen molar-refractivity contribution in [3.05, 3.63) is 59.9 Å². The first-order valence-electron chi connectivity index (χ1n) is 8.47. The number of benzene rings is 1. The molecule has 1 unspecified atom stereocenters. The summed E-state index contributed by atoms with van der Waals surface area (Å²) in [5.74, 6) is 0.806. The molecule has 0 bridgehead atoms. The van der Waals surface area contributed by atoms with Crippen LogP contribution in [0.4, 0.5) is 5.69 Å². The van der Waals surface area contributed by atoms with Gasteiger partial charge in [-0.1, -0.05) is 24.3 Å². The molecule has 0 saturated heterocycles. The number of para-hydroxylation sites is 1. The van der Waals surface area contributed by atoms with E-state index in [0.717, 1.165) is 31.2 Å². The Labute approximate surface area is 143 Å². The van der Waals surface area contributed by atoms with Crippen LogP contribution < -0.4 is 15.5 Å². The van der Waals surface area contributed by atoms with Crippen LogP contribution >= 0.6 is 0 Å². The quantitative estimate of drug-likeness (QED) is 0.654. The molecule has 0 fully saturated rings. The molecule has 0 amide bonds. The van der Waals surface area contributed by atoms with Gasteiger partial charge in [-0.25, -0.2) is 0 Å². The van der Waals surface area contributed by atoms with E-state index < -0.39 is 0 Å². The number of hydrogen-bond donors (Lipinski definition) is 2. The highest BCUT2D eigenvalue weighted by atomic mass is 15.2. The monoisotopic (exact) mass is 323 g/mol. The maximum Gasteiger partial charge on any atom is 0.191 e.